The number of benzene rings is 3. The lowest BCUT2D eigenvalue weighted by molar-refractivity contribution is -0.143. The first kappa shape index (κ1) is 26.3. The molecule has 0 aliphatic carbocycles. The van der Waals surface area contributed by atoms with Crippen molar-refractivity contribution in [3.05, 3.63) is 125 Å². The van der Waals surface area contributed by atoms with E-state index in [2.05, 4.69) is 10.4 Å². The Morgan fingerprint density at radius 1 is 1.00 bits per heavy atom. The van der Waals surface area contributed by atoms with Gasteiger partial charge < -0.3 is 14.5 Å². The predicted octanol–water partition coefficient (Wildman–Crippen LogP) is 4.70. The Labute approximate surface area is 228 Å². The molecule has 0 saturated carbocycles. The number of ether oxygens (including phenoxy) is 1. The van der Waals surface area contributed by atoms with Crippen molar-refractivity contribution < 1.29 is 23.1 Å². The van der Waals surface area contributed by atoms with Gasteiger partial charge in [0.15, 0.2) is 6.61 Å². The van der Waals surface area contributed by atoms with Crippen molar-refractivity contribution in [1.29, 1.82) is 0 Å². The van der Waals surface area contributed by atoms with Crippen molar-refractivity contribution >= 4 is 28.9 Å². The van der Waals surface area contributed by atoms with Crippen molar-refractivity contribution in [2.45, 2.75) is 6.42 Å². The van der Waals surface area contributed by atoms with E-state index in [1.54, 1.807) is 41.2 Å². The number of nitrogens with zero attached hydrogens (tertiary/aromatic N) is 2. The number of hydrogen-bond acceptors (Lipinski definition) is 6. The number of para-hydroxylation sites is 2. The van der Waals surface area contributed by atoms with Gasteiger partial charge in [-0.15, -0.1) is 0 Å². The quantitative estimate of drug-likeness (QED) is 0.166. The van der Waals surface area contributed by atoms with Crippen LogP contribution in [0.15, 0.2) is 106 Å². The third-order valence-electron chi connectivity index (χ3n) is 6.05. The van der Waals surface area contributed by atoms with E-state index in [4.69, 9.17) is 9.15 Å². The molecule has 2 aromatic heterocycles. The van der Waals surface area contributed by atoms with Crippen molar-refractivity contribution in [3.8, 4) is 16.9 Å². The van der Waals surface area contributed by atoms with Crippen molar-refractivity contribution in [2.24, 2.45) is 0 Å². The first-order valence-corrected chi connectivity index (χ1v) is 12.5. The Morgan fingerprint density at radius 3 is 2.55 bits per heavy atom. The molecule has 0 spiro atoms. The molecule has 2 heterocycles. The molecule has 200 valence electrons. The van der Waals surface area contributed by atoms with Crippen LogP contribution in [0.2, 0.25) is 0 Å². The predicted molar refractivity (Wildman–Crippen MR) is 148 cm³/mol. The normalized spacial score (nSPS) is 11.1. The topological polar surface area (TPSA) is 103 Å². The van der Waals surface area contributed by atoms with Gasteiger partial charge in [0.2, 0.25) is 0 Å². The molecule has 0 aliphatic rings. The Kier molecular flexibility index (Phi) is 7.92. The minimum atomic E-state index is -0.738. The number of halogens is 1. The van der Waals surface area contributed by atoms with E-state index < -0.39 is 24.1 Å². The van der Waals surface area contributed by atoms with Crippen LogP contribution in [0.5, 0.6) is 0 Å². The third-order valence-corrected chi connectivity index (χ3v) is 6.05. The standard InChI is InChI=1S/C31H24FN3O5/c32-24-13-10-21(11-14-24)16-17-33-28(36)20-39-29(37)15-12-23-19-35(25-7-2-1-3-8-25)34-30(23)26-18-22-6-4-5-9-27(22)40-31(26)38/h1-15,18-19H,16-17,20H2,(H,33,36). The zero-order valence-electron chi connectivity index (χ0n) is 21.2. The number of hydrogen-bond donors (Lipinski definition) is 1. The molecule has 5 aromatic rings. The zero-order chi connectivity index (χ0) is 27.9. The largest absolute Gasteiger partial charge is 0.452 e. The van der Waals surface area contributed by atoms with Gasteiger partial charge in [-0.25, -0.2) is 18.7 Å². The summed E-state index contributed by atoms with van der Waals surface area (Å²) in [5.41, 5.74) is 2.56. The first-order chi connectivity index (χ1) is 19.5. The average molecular weight is 538 g/mol. The minimum Gasteiger partial charge on any atom is -0.452 e. The van der Waals surface area contributed by atoms with E-state index in [9.17, 15) is 18.8 Å². The summed E-state index contributed by atoms with van der Waals surface area (Å²) in [6.45, 7) is -0.148. The molecule has 0 radical (unpaired) electrons. The van der Waals surface area contributed by atoms with E-state index >= 15 is 0 Å². The molecule has 0 saturated heterocycles. The second-order valence-corrected chi connectivity index (χ2v) is 8.87. The molecule has 0 unspecified atom stereocenters. The van der Waals surface area contributed by atoms with Gasteiger partial charge in [0.1, 0.15) is 17.1 Å². The van der Waals surface area contributed by atoms with Crippen molar-refractivity contribution in [3.63, 3.8) is 0 Å². The summed E-state index contributed by atoms with van der Waals surface area (Å²) in [6, 6.07) is 24.2. The Hall–Kier alpha value is -5.31. The van der Waals surface area contributed by atoms with Gasteiger partial charge in [0.25, 0.3) is 5.91 Å². The highest BCUT2D eigenvalue weighted by Gasteiger charge is 2.16. The van der Waals surface area contributed by atoms with Crippen LogP contribution in [-0.2, 0) is 20.7 Å². The van der Waals surface area contributed by atoms with Gasteiger partial charge in [0.05, 0.1) is 11.3 Å². The number of fused-ring (bicyclic) bond motifs is 1. The molecule has 8 nitrogen and oxygen atoms in total. The van der Waals surface area contributed by atoms with E-state index in [0.29, 0.717) is 29.8 Å². The lowest BCUT2D eigenvalue weighted by Crippen LogP contribution is -2.30. The zero-order valence-corrected chi connectivity index (χ0v) is 21.2. The van der Waals surface area contributed by atoms with Crippen LogP contribution in [0.3, 0.4) is 0 Å². The molecule has 3 aromatic carbocycles. The summed E-state index contributed by atoms with van der Waals surface area (Å²) >= 11 is 0. The van der Waals surface area contributed by atoms with Crippen LogP contribution in [0.1, 0.15) is 11.1 Å². The first-order valence-electron chi connectivity index (χ1n) is 12.5. The Morgan fingerprint density at radius 2 is 1.75 bits per heavy atom. The molecule has 1 N–H and O–H groups in total. The van der Waals surface area contributed by atoms with Crippen LogP contribution < -0.4 is 10.9 Å². The van der Waals surface area contributed by atoms with Gasteiger partial charge in [0, 0.05) is 29.8 Å². The summed E-state index contributed by atoms with van der Waals surface area (Å²) in [5, 5.41) is 7.99. The van der Waals surface area contributed by atoms with Crippen molar-refractivity contribution in [1.82, 2.24) is 15.1 Å². The van der Waals surface area contributed by atoms with Crippen LogP contribution >= 0.6 is 0 Å². The van der Waals surface area contributed by atoms with Gasteiger partial charge in [-0.2, -0.15) is 5.10 Å². The monoisotopic (exact) mass is 537 g/mol. The number of carbonyl (C=O) groups is 2. The maximum atomic E-state index is 13.0. The summed E-state index contributed by atoms with van der Waals surface area (Å²) in [7, 11) is 0. The fraction of sp³-hybridized carbons (Fsp3) is 0.0968. The molecule has 0 atom stereocenters. The number of rotatable bonds is 9. The molecule has 0 aliphatic heterocycles. The fourth-order valence-corrected chi connectivity index (χ4v) is 4.05. The second kappa shape index (κ2) is 12.0. The molecule has 0 fully saturated rings. The molecular formula is C31H24FN3O5. The van der Waals surface area contributed by atoms with Gasteiger partial charge >= 0.3 is 11.6 Å². The summed E-state index contributed by atoms with van der Waals surface area (Å²) in [6.07, 6.45) is 4.84. The number of nitrogens with one attached hydrogen (secondary N) is 1. The Bertz CT molecular complexity index is 1740. The van der Waals surface area contributed by atoms with E-state index in [1.807, 2.05) is 42.5 Å². The average Bonchev–Trinajstić information content (AvgIpc) is 3.40. The van der Waals surface area contributed by atoms with E-state index in [1.165, 1.54) is 24.3 Å². The number of amides is 1. The van der Waals surface area contributed by atoms with Crippen LogP contribution in [-0.4, -0.2) is 34.8 Å². The molecule has 9 heteroatoms. The lowest BCUT2D eigenvalue weighted by Gasteiger charge is -2.05. The highest BCUT2D eigenvalue weighted by Crippen LogP contribution is 2.25. The molecule has 5 rings (SSSR count). The third kappa shape index (κ3) is 6.39. The second-order valence-electron chi connectivity index (χ2n) is 8.87. The molecule has 0 bridgehead atoms. The highest BCUT2D eigenvalue weighted by atomic mass is 19.1. The van der Waals surface area contributed by atoms with Gasteiger partial charge in [-0.05, 0) is 54.5 Å². The van der Waals surface area contributed by atoms with Gasteiger partial charge in [-0.1, -0.05) is 48.5 Å². The maximum absolute atomic E-state index is 13.0. The molecular weight excluding hydrogens is 513 g/mol. The van der Waals surface area contributed by atoms with Crippen LogP contribution in [0.25, 0.3) is 34.0 Å². The SMILES string of the molecule is O=C(COC(=O)C=Cc1cn(-c2ccccc2)nc1-c1cc2ccccc2oc1=O)NCCc1ccc(F)cc1. The van der Waals surface area contributed by atoms with Crippen LogP contribution in [0, 0.1) is 5.82 Å². The van der Waals surface area contributed by atoms with E-state index in [0.717, 1.165) is 16.6 Å². The molecule has 40 heavy (non-hydrogen) atoms. The smallest absolute Gasteiger partial charge is 0.345 e. The number of carbonyl (C=O) groups excluding carboxylic acids is 2. The highest BCUT2D eigenvalue weighted by molar-refractivity contribution is 5.91. The van der Waals surface area contributed by atoms with Crippen LogP contribution in [0.4, 0.5) is 4.39 Å². The van der Waals surface area contributed by atoms with Crippen molar-refractivity contribution in [2.75, 3.05) is 13.2 Å². The minimum absolute atomic E-state index is 0.238. The lowest BCUT2D eigenvalue weighted by atomic mass is 10.1. The fourth-order valence-electron chi connectivity index (χ4n) is 4.05. The van der Waals surface area contributed by atoms with Gasteiger partial charge in [-0.3, -0.25) is 4.79 Å². The summed E-state index contributed by atoms with van der Waals surface area (Å²) in [4.78, 5) is 37.3. The maximum Gasteiger partial charge on any atom is 0.345 e. The summed E-state index contributed by atoms with van der Waals surface area (Å²) in [5.74, 6) is -1.53. The summed E-state index contributed by atoms with van der Waals surface area (Å²) < 4.78 is 25.2. The number of esters is 1. The van der Waals surface area contributed by atoms with E-state index in [-0.39, 0.29) is 11.4 Å². The number of aromatic nitrogens is 2. The molecule has 1 amide bonds. The Balaban J connectivity index is 1.29.